The molecule has 1 saturated heterocycles. The second-order valence-corrected chi connectivity index (χ2v) is 6.04. The molecule has 0 unspecified atom stereocenters. The molecule has 1 aromatic rings. The van der Waals surface area contributed by atoms with E-state index in [0.717, 1.165) is 44.7 Å². The average molecular weight is 362 g/mol. The maximum absolute atomic E-state index is 12.7. The van der Waals surface area contributed by atoms with Crippen LogP contribution in [0, 0.1) is 0 Å². The van der Waals surface area contributed by atoms with Gasteiger partial charge in [0.15, 0.2) is 0 Å². The molecule has 0 radical (unpaired) electrons. The number of amides is 1. The van der Waals surface area contributed by atoms with E-state index in [1.807, 2.05) is 11.0 Å². The number of carbonyl (C=O) groups excluding carboxylic acids is 1. The van der Waals surface area contributed by atoms with Crippen LogP contribution in [0.3, 0.4) is 0 Å². The van der Waals surface area contributed by atoms with Gasteiger partial charge in [0.1, 0.15) is 0 Å². The standard InChI is InChI=1S/C15H23N5O.2ClH/c16-15(5-2-1-3-6-15)13(21)19-9-11-20(12-10-19)14-17-7-4-8-18-14;;/h4,7-8H,1-3,5-6,9-12,16H2;2*1H. The first kappa shape index (κ1) is 19.9. The molecule has 8 heteroatoms. The van der Waals surface area contributed by atoms with E-state index in [-0.39, 0.29) is 30.7 Å². The number of nitrogens with zero attached hydrogens (tertiary/aromatic N) is 4. The minimum Gasteiger partial charge on any atom is -0.338 e. The Bertz CT molecular complexity index is 488. The molecule has 23 heavy (non-hydrogen) atoms. The molecule has 3 rings (SSSR count). The molecule has 2 N–H and O–H groups in total. The summed E-state index contributed by atoms with van der Waals surface area (Å²) in [5, 5.41) is 0. The Morgan fingerprint density at radius 3 is 2.13 bits per heavy atom. The molecule has 2 fully saturated rings. The van der Waals surface area contributed by atoms with Gasteiger partial charge in [-0.2, -0.15) is 0 Å². The third-order valence-corrected chi connectivity index (χ3v) is 4.57. The highest BCUT2D eigenvalue weighted by molar-refractivity contribution is 5.86. The van der Waals surface area contributed by atoms with Gasteiger partial charge in [-0.3, -0.25) is 4.79 Å². The van der Waals surface area contributed by atoms with Crippen LogP contribution in [-0.4, -0.2) is 52.5 Å². The van der Waals surface area contributed by atoms with Gasteiger partial charge in [0.2, 0.25) is 11.9 Å². The van der Waals surface area contributed by atoms with Crippen molar-refractivity contribution in [1.29, 1.82) is 0 Å². The average Bonchev–Trinajstić information content (AvgIpc) is 2.56. The number of piperazine rings is 1. The molecule has 0 spiro atoms. The second-order valence-electron chi connectivity index (χ2n) is 6.04. The van der Waals surface area contributed by atoms with Crippen molar-refractivity contribution in [2.24, 2.45) is 5.73 Å². The number of hydrogen-bond donors (Lipinski definition) is 1. The van der Waals surface area contributed by atoms with E-state index >= 15 is 0 Å². The summed E-state index contributed by atoms with van der Waals surface area (Å²) in [5.41, 5.74) is 5.73. The molecule has 2 aliphatic rings. The van der Waals surface area contributed by atoms with Crippen LogP contribution in [0.15, 0.2) is 18.5 Å². The molecular weight excluding hydrogens is 337 g/mol. The van der Waals surface area contributed by atoms with Gasteiger partial charge in [0, 0.05) is 38.6 Å². The van der Waals surface area contributed by atoms with Crippen molar-refractivity contribution in [3.63, 3.8) is 0 Å². The molecular formula is C15H25Cl2N5O. The van der Waals surface area contributed by atoms with Crippen molar-refractivity contribution in [2.45, 2.75) is 37.6 Å². The van der Waals surface area contributed by atoms with E-state index in [1.54, 1.807) is 12.4 Å². The molecule has 1 amide bonds. The fourth-order valence-electron chi connectivity index (χ4n) is 3.28. The Kier molecular flexibility index (Phi) is 7.51. The zero-order valence-corrected chi connectivity index (χ0v) is 14.8. The second kappa shape index (κ2) is 8.66. The van der Waals surface area contributed by atoms with E-state index in [4.69, 9.17) is 5.73 Å². The summed E-state index contributed by atoms with van der Waals surface area (Å²) in [6.07, 6.45) is 8.49. The Morgan fingerprint density at radius 1 is 1.00 bits per heavy atom. The fraction of sp³-hybridized carbons (Fsp3) is 0.667. The summed E-state index contributed by atoms with van der Waals surface area (Å²) >= 11 is 0. The predicted molar refractivity (Wildman–Crippen MR) is 95.3 cm³/mol. The lowest BCUT2D eigenvalue weighted by Gasteiger charge is -2.41. The Morgan fingerprint density at radius 2 is 1.57 bits per heavy atom. The number of aromatic nitrogens is 2. The Hall–Kier alpha value is -1.11. The molecule has 2 heterocycles. The van der Waals surface area contributed by atoms with E-state index in [2.05, 4.69) is 14.9 Å². The van der Waals surface area contributed by atoms with Crippen LogP contribution in [0.5, 0.6) is 0 Å². The number of hydrogen-bond acceptors (Lipinski definition) is 5. The molecule has 6 nitrogen and oxygen atoms in total. The van der Waals surface area contributed by atoms with Crippen LogP contribution in [0.25, 0.3) is 0 Å². The quantitative estimate of drug-likeness (QED) is 0.866. The number of rotatable bonds is 2. The topological polar surface area (TPSA) is 75.4 Å². The summed E-state index contributed by atoms with van der Waals surface area (Å²) in [7, 11) is 0. The minimum atomic E-state index is -0.621. The summed E-state index contributed by atoms with van der Waals surface area (Å²) in [5.74, 6) is 0.876. The van der Waals surface area contributed by atoms with Crippen molar-refractivity contribution in [3.05, 3.63) is 18.5 Å². The zero-order valence-electron chi connectivity index (χ0n) is 13.2. The molecule has 1 aliphatic heterocycles. The molecule has 130 valence electrons. The van der Waals surface area contributed by atoms with Crippen LogP contribution in [0.4, 0.5) is 5.95 Å². The van der Waals surface area contributed by atoms with Crippen LogP contribution in [0.2, 0.25) is 0 Å². The maximum Gasteiger partial charge on any atom is 0.242 e. The minimum absolute atomic E-state index is 0. The van der Waals surface area contributed by atoms with E-state index < -0.39 is 5.54 Å². The zero-order chi connectivity index (χ0) is 14.7. The lowest BCUT2D eigenvalue weighted by atomic mass is 9.81. The van der Waals surface area contributed by atoms with Crippen molar-refractivity contribution in [1.82, 2.24) is 14.9 Å². The van der Waals surface area contributed by atoms with E-state index in [0.29, 0.717) is 13.1 Å². The van der Waals surface area contributed by atoms with Gasteiger partial charge in [-0.25, -0.2) is 9.97 Å². The molecule has 0 atom stereocenters. The fourth-order valence-corrected chi connectivity index (χ4v) is 3.28. The largest absolute Gasteiger partial charge is 0.338 e. The van der Waals surface area contributed by atoms with Crippen LogP contribution >= 0.6 is 24.8 Å². The van der Waals surface area contributed by atoms with Gasteiger partial charge >= 0.3 is 0 Å². The predicted octanol–water partition coefficient (Wildman–Crippen LogP) is 1.63. The monoisotopic (exact) mass is 361 g/mol. The summed E-state index contributed by atoms with van der Waals surface area (Å²) in [6, 6.07) is 1.81. The van der Waals surface area contributed by atoms with Gasteiger partial charge in [0.05, 0.1) is 5.54 Å². The molecule has 1 saturated carbocycles. The highest BCUT2D eigenvalue weighted by Gasteiger charge is 2.39. The van der Waals surface area contributed by atoms with Gasteiger partial charge in [0.25, 0.3) is 0 Å². The Balaban J connectivity index is 0.00000132. The van der Waals surface area contributed by atoms with E-state index in [1.165, 1.54) is 6.42 Å². The van der Waals surface area contributed by atoms with Crippen molar-refractivity contribution in [2.75, 3.05) is 31.1 Å². The molecule has 1 aromatic heterocycles. The normalized spacial score (nSPS) is 20.2. The van der Waals surface area contributed by atoms with Crippen molar-refractivity contribution >= 4 is 36.7 Å². The number of halogens is 2. The van der Waals surface area contributed by atoms with Gasteiger partial charge in [-0.1, -0.05) is 19.3 Å². The third-order valence-electron chi connectivity index (χ3n) is 4.57. The van der Waals surface area contributed by atoms with Crippen molar-refractivity contribution < 1.29 is 4.79 Å². The maximum atomic E-state index is 12.7. The number of carbonyl (C=O) groups is 1. The first-order chi connectivity index (χ1) is 10.2. The van der Waals surface area contributed by atoms with Crippen LogP contribution in [0.1, 0.15) is 32.1 Å². The molecule has 1 aliphatic carbocycles. The summed E-state index contributed by atoms with van der Waals surface area (Å²) < 4.78 is 0. The highest BCUT2D eigenvalue weighted by atomic mass is 35.5. The summed E-state index contributed by atoms with van der Waals surface area (Å²) in [6.45, 7) is 2.95. The van der Waals surface area contributed by atoms with Gasteiger partial charge < -0.3 is 15.5 Å². The van der Waals surface area contributed by atoms with Crippen molar-refractivity contribution in [3.8, 4) is 0 Å². The Labute approximate surface area is 149 Å². The third kappa shape index (κ3) is 4.46. The van der Waals surface area contributed by atoms with Crippen LogP contribution < -0.4 is 10.6 Å². The van der Waals surface area contributed by atoms with Gasteiger partial charge in [-0.15, -0.1) is 24.8 Å². The number of anilines is 1. The molecule has 0 aromatic carbocycles. The smallest absolute Gasteiger partial charge is 0.242 e. The van der Waals surface area contributed by atoms with Crippen LogP contribution in [-0.2, 0) is 4.79 Å². The lowest BCUT2D eigenvalue weighted by Crippen LogP contribution is -2.60. The number of nitrogens with two attached hydrogens (primary N) is 1. The first-order valence-electron chi connectivity index (χ1n) is 7.79. The highest BCUT2D eigenvalue weighted by Crippen LogP contribution is 2.28. The van der Waals surface area contributed by atoms with E-state index in [9.17, 15) is 4.79 Å². The lowest BCUT2D eigenvalue weighted by molar-refractivity contribution is -0.138. The summed E-state index contributed by atoms with van der Waals surface area (Å²) in [4.78, 5) is 25.2. The molecule has 0 bridgehead atoms. The SMILES string of the molecule is Cl.Cl.NC1(C(=O)N2CCN(c3ncccn3)CC2)CCCCC1. The van der Waals surface area contributed by atoms with Gasteiger partial charge in [-0.05, 0) is 18.9 Å². The first-order valence-corrected chi connectivity index (χ1v) is 7.79.